The number of hydrogen-bond donors (Lipinski definition) is 2. The summed E-state index contributed by atoms with van der Waals surface area (Å²) in [5.41, 5.74) is 27.4. The molecule has 2 N–H and O–H groups in total. The Hall–Kier alpha value is -12.1. The van der Waals surface area contributed by atoms with Crippen molar-refractivity contribution in [2.24, 2.45) is 0 Å². The first-order valence-corrected chi connectivity index (χ1v) is 38.8. The summed E-state index contributed by atoms with van der Waals surface area (Å²) in [6, 6.07) is 94.0. The lowest BCUT2D eigenvalue weighted by molar-refractivity contribution is -0.136. The number of thiophene rings is 4. The van der Waals surface area contributed by atoms with Crippen LogP contribution in [0, 0.1) is 34.0 Å². The molecule has 0 bridgehead atoms. The molecule has 108 heavy (non-hydrogen) atoms. The molecule has 18 rings (SSSR count). The van der Waals surface area contributed by atoms with Gasteiger partial charge in [-0.25, -0.2) is 4.79 Å². The number of carbonyl (C=O) groups is 3. The first kappa shape index (κ1) is 71.5. The zero-order chi connectivity index (χ0) is 75.7. The Balaban J connectivity index is 0.000000156. The van der Waals surface area contributed by atoms with Gasteiger partial charge in [0.1, 0.15) is 18.1 Å². The highest BCUT2D eigenvalue weighted by Gasteiger charge is 2.40. The summed E-state index contributed by atoms with van der Waals surface area (Å²) >= 11 is 6.54. The average molecular weight is 1480 g/mol. The molecule has 4 aliphatic rings. The van der Waals surface area contributed by atoms with Crippen molar-refractivity contribution in [2.45, 2.75) is 90.4 Å². The van der Waals surface area contributed by atoms with Gasteiger partial charge in [-0.1, -0.05) is 189 Å². The van der Waals surface area contributed by atoms with E-state index in [2.05, 4.69) is 290 Å². The lowest BCUT2D eigenvalue weighted by Crippen LogP contribution is -2.18. The molecule has 14 heteroatoms. The third kappa shape index (κ3) is 12.5. The van der Waals surface area contributed by atoms with Crippen LogP contribution in [0.5, 0.6) is 0 Å². The summed E-state index contributed by atoms with van der Waals surface area (Å²) in [5, 5.41) is 43.5. The fourth-order valence-electron chi connectivity index (χ4n) is 16.2. The van der Waals surface area contributed by atoms with Crippen LogP contribution in [-0.2, 0) is 31.2 Å². The van der Waals surface area contributed by atoms with Gasteiger partial charge in [0.15, 0.2) is 6.29 Å². The molecule has 0 unspecified atom stereocenters. The quantitative estimate of drug-likeness (QED) is 0.0682. The summed E-state index contributed by atoms with van der Waals surface area (Å²) in [6.45, 7) is 20.1. The van der Waals surface area contributed by atoms with E-state index in [0.29, 0.717) is 0 Å². The second kappa shape index (κ2) is 28.0. The van der Waals surface area contributed by atoms with E-state index >= 15 is 0 Å². The highest BCUT2D eigenvalue weighted by molar-refractivity contribution is 7.27. The van der Waals surface area contributed by atoms with Crippen molar-refractivity contribution in [2.75, 3.05) is 9.80 Å². The molecule has 0 saturated heterocycles. The summed E-state index contributed by atoms with van der Waals surface area (Å²) in [6.07, 6.45) is 1.97. The number of nitriles is 3. The van der Waals surface area contributed by atoms with E-state index < -0.39 is 18.4 Å². The molecular formula is C94H73N5O5S4. The zero-order valence-corrected chi connectivity index (χ0v) is 64.2. The van der Waals surface area contributed by atoms with Crippen LogP contribution in [0.2, 0.25) is 0 Å². The van der Waals surface area contributed by atoms with Gasteiger partial charge in [-0.2, -0.15) is 15.8 Å². The van der Waals surface area contributed by atoms with Crippen molar-refractivity contribution >= 4 is 124 Å². The molecule has 0 spiro atoms. The minimum absolute atomic E-state index is 0.0944. The molecule has 0 atom stereocenters. The fraction of sp³-hybridized carbons (Fsp3) is 0.149. The highest BCUT2D eigenvalue weighted by Crippen LogP contribution is 2.57. The van der Waals surface area contributed by atoms with Crippen LogP contribution in [0.15, 0.2) is 248 Å². The van der Waals surface area contributed by atoms with E-state index in [-0.39, 0.29) is 27.2 Å². The SMILES string of the molecule is CC#N.CC1(C)c2ccccc2-c2ccc(N(c3ccc4c(c3)C(C)(C)c3ccccc3-4)c3ccc4cc(-c5ccc(/C=C(\C#N)C(=O)O)s5)sc4c3)cc21.CC1(C)c2ccccc2-c2ccc(N(c3ccc4c(c3)C(C)(C)c3ccccc3-4)c3ccc4cc(-c5ccc(C=O)s5)sc4c3)cc21.N#CCC(=O)O. The van der Waals surface area contributed by atoms with E-state index in [1.54, 1.807) is 46.1 Å². The molecular weight excluding hydrogens is 1410 g/mol. The molecule has 0 amide bonds. The van der Waals surface area contributed by atoms with Gasteiger partial charge in [-0.3, -0.25) is 9.59 Å². The highest BCUT2D eigenvalue weighted by atomic mass is 32.1. The van der Waals surface area contributed by atoms with Gasteiger partial charge >= 0.3 is 11.9 Å². The van der Waals surface area contributed by atoms with Crippen LogP contribution >= 0.6 is 45.3 Å². The molecule has 528 valence electrons. The number of carboxylic acids is 2. The van der Waals surface area contributed by atoms with E-state index in [1.807, 2.05) is 18.2 Å². The second-order valence-corrected chi connectivity index (χ2v) is 33.8. The Morgan fingerprint density at radius 1 is 0.380 bits per heavy atom. The van der Waals surface area contributed by atoms with Crippen molar-refractivity contribution in [3.8, 4) is 82.2 Å². The Labute approximate surface area is 644 Å². The molecule has 14 aromatic rings. The minimum atomic E-state index is -1.22. The molecule has 4 aromatic heterocycles. The largest absolute Gasteiger partial charge is 0.480 e. The van der Waals surface area contributed by atoms with Crippen LogP contribution in [-0.4, -0.2) is 28.4 Å². The molecule has 4 heterocycles. The van der Waals surface area contributed by atoms with Crippen LogP contribution in [0.25, 0.3) is 90.3 Å². The molecule has 0 saturated carbocycles. The van der Waals surface area contributed by atoms with E-state index in [1.165, 1.54) is 134 Å². The van der Waals surface area contributed by atoms with Crippen molar-refractivity contribution in [1.82, 2.24) is 0 Å². The number of benzene rings is 10. The van der Waals surface area contributed by atoms with Crippen molar-refractivity contribution in [3.63, 3.8) is 0 Å². The van der Waals surface area contributed by atoms with Gasteiger partial charge in [0.25, 0.3) is 0 Å². The predicted molar refractivity (Wildman–Crippen MR) is 446 cm³/mol. The van der Waals surface area contributed by atoms with Crippen LogP contribution in [0.3, 0.4) is 0 Å². The number of aliphatic carboxylic acids is 2. The monoisotopic (exact) mass is 1480 g/mol. The van der Waals surface area contributed by atoms with Crippen LogP contribution in [0.1, 0.15) is 128 Å². The van der Waals surface area contributed by atoms with E-state index in [4.69, 9.17) is 15.6 Å². The zero-order valence-electron chi connectivity index (χ0n) is 60.9. The summed E-state index contributed by atoms with van der Waals surface area (Å²) in [7, 11) is 0. The smallest absolute Gasteiger partial charge is 0.346 e. The number of rotatable bonds is 12. The molecule has 0 fully saturated rings. The summed E-state index contributed by atoms with van der Waals surface area (Å²) in [4.78, 5) is 43.0. The maximum absolute atomic E-state index is 11.4. The van der Waals surface area contributed by atoms with Crippen LogP contribution in [0.4, 0.5) is 34.1 Å². The summed E-state index contributed by atoms with van der Waals surface area (Å²) in [5.74, 6) is -2.29. The number of carboxylic acid groups (broad SMARTS) is 2. The Morgan fingerprint density at radius 2 is 0.685 bits per heavy atom. The van der Waals surface area contributed by atoms with E-state index in [0.717, 1.165) is 74.9 Å². The lowest BCUT2D eigenvalue weighted by atomic mass is 9.82. The van der Waals surface area contributed by atoms with E-state index in [9.17, 15) is 24.8 Å². The number of nitrogens with zero attached hydrogens (tertiary/aromatic N) is 5. The molecule has 10 aromatic carbocycles. The van der Waals surface area contributed by atoms with Gasteiger partial charge in [0, 0.05) is 96.5 Å². The van der Waals surface area contributed by atoms with Gasteiger partial charge in [-0.05, 0) is 215 Å². The Bertz CT molecular complexity index is 5980. The third-order valence-electron chi connectivity index (χ3n) is 21.5. The van der Waals surface area contributed by atoms with Gasteiger partial charge in [0.05, 0.1) is 17.0 Å². The second-order valence-electron chi connectivity index (χ2n) is 29.4. The maximum atomic E-state index is 11.4. The van der Waals surface area contributed by atoms with Gasteiger partial charge in [0.2, 0.25) is 0 Å². The maximum Gasteiger partial charge on any atom is 0.346 e. The van der Waals surface area contributed by atoms with Crippen molar-refractivity contribution in [3.05, 3.63) is 302 Å². The first-order valence-electron chi connectivity index (χ1n) is 35.5. The van der Waals surface area contributed by atoms with Gasteiger partial charge < -0.3 is 20.0 Å². The van der Waals surface area contributed by atoms with Crippen molar-refractivity contribution < 1.29 is 24.6 Å². The number of hydrogen-bond acceptors (Lipinski definition) is 12. The number of anilines is 6. The molecule has 10 nitrogen and oxygen atoms in total. The first-order chi connectivity index (χ1) is 52.0. The predicted octanol–water partition coefficient (Wildman–Crippen LogP) is 25.7. The third-order valence-corrected chi connectivity index (χ3v) is 26.2. The summed E-state index contributed by atoms with van der Waals surface area (Å²) < 4.78 is 2.39. The number of fused-ring (bicyclic) bond motifs is 14. The van der Waals surface area contributed by atoms with Crippen LogP contribution < -0.4 is 9.80 Å². The normalized spacial score (nSPS) is 14.0. The Kier molecular flexibility index (Phi) is 18.6. The molecule has 4 aliphatic carbocycles. The lowest BCUT2D eigenvalue weighted by Gasteiger charge is -2.29. The number of aldehydes is 1. The minimum Gasteiger partial charge on any atom is -0.480 e. The van der Waals surface area contributed by atoms with Crippen molar-refractivity contribution in [1.29, 1.82) is 15.8 Å². The standard InChI is InChI=1S/C46H34N2O2S2.C43H33NOS2.C3H3NO2.C2H3N/c1-45(2)37-11-7-5-9-33(37)35-18-15-29(23-39(35)45)48(30-16-19-36-34-10-6-8-12-38(34)46(3,4)40(36)24-30)31-14-13-27-22-43(52-42(27)25-31)41-20-17-32(51-41)21-28(26-47)44(49)50;1-42(2)35-11-7-5-9-31(35)33-18-15-27(22-37(33)42)44(28-16-19-34-32-10-6-8-12-36(32)43(3,4)38(34)23-28)29-14-13-26-21-41(47-40(26)24-29)39-20-17-30(25-45)46-39;4-2-1-3(5)6;1-2-3/h5-25H,1-4H3,(H,49,50);5-25H,1-4H3;1H2,(H,5,6);1H3/b28-21+;;;. The topological polar surface area (TPSA) is 170 Å². The van der Waals surface area contributed by atoms with Gasteiger partial charge in [-0.15, -0.1) is 45.3 Å². The Morgan fingerprint density at radius 3 is 0.981 bits per heavy atom. The number of carbonyl (C=O) groups excluding carboxylic acids is 1. The fourth-order valence-corrected chi connectivity index (χ4v) is 20.4. The molecule has 0 aliphatic heterocycles. The average Bonchev–Trinajstić information content (AvgIpc) is 1.58. The molecule has 0 radical (unpaired) electrons.